The molecule has 4 nitrogen and oxygen atoms in total. The van der Waals surface area contributed by atoms with Crippen LogP contribution in [0.25, 0.3) is 0 Å². The van der Waals surface area contributed by atoms with Crippen LogP contribution in [0.4, 0.5) is 5.69 Å². The number of anilines is 1. The highest BCUT2D eigenvalue weighted by Gasteiger charge is 2.16. The van der Waals surface area contributed by atoms with E-state index in [-0.39, 0.29) is 0 Å². The van der Waals surface area contributed by atoms with Crippen molar-refractivity contribution >= 4 is 5.69 Å². The van der Waals surface area contributed by atoms with Crippen LogP contribution in [0.1, 0.15) is 11.1 Å². The molecule has 0 spiro atoms. The van der Waals surface area contributed by atoms with Gasteiger partial charge in [-0.15, -0.1) is 0 Å². The van der Waals surface area contributed by atoms with Crippen LogP contribution in [0.15, 0.2) is 36.4 Å². The Hall–Kier alpha value is -2.36. The maximum atomic E-state index is 5.50. The van der Waals surface area contributed by atoms with Gasteiger partial charge in [-0.2, -0.15) is 0 Å². The van der Waals surface area contributed by atoms with E-state index in [2.05, 4.69) is 12.2 Å². The van der Waals surface area contributed by atoms with Crippen molar-refractivity contribution in [1.82, 2.24) is 0 Å². The van der Waals surface area contributed by atoms with Crippen molar-refractivity contribution in [3.63, 3.8) is 0 Å². The molecule has 20 heavy (non-hydrogen) atoms. The van der Waals surface area contributed by atoms with Gasteiger partial charge in [-0.25, -0.2) is 0 Å². The molecule has 0 saturated carbocycles. The second kappa shape index (κ2) is 5.33. The lowest BCUT2D eigenvalue weighted by molar-refractivity contribution is 0.173. The van der Waals surface area contributed by atoms with E-state index in [0.717, 1.165) is 34.1 Å². The molecule has 0 aliphatic carbocycles. The number of ether oxygens (including phenoxy) is 3. The highest BCUT2D eigenvalue weighted by molar-refractivity contribution is 5.55. The number of benzene rings is 2. The van der Waals surface area contributed by atoms with E-state index in [0.29, 0.717) is 13.3 Å². The van der Waals surface area contributed by atoms with Gasteiger partial charge < -0.3 is 19.5 Å². The highest BCUT2D eigenvalue weighted by Crippen LogP contribution is 2.35. The second-order valence-corrected chi connectivity index (χ2v) is 4.69. The molecule has 0 bridgehead atoms. The van der Waals surface area contributed by atoms with Gasteiger partial charge in [0.25, 0.3) is 0 Å². The van der Waals surface area contributed by atoms with Crippen molar-refractivity contribution in [2.45, 2.75) is 13.5 Å². The van der Waals surface area contributed by atoms with Gasteiger partial charge >= 0.3 is 0 Å². The van der Waals surface area contributed by atoms with Crippen molar-refractivity contribution in [2.75, 3.05) is 19.2 Å². The molecule has 3 rings (SSSR count). The van der Waals surface area contributed by atoms with Gasteiger partial charge in [-0.1, -0.05) is 12.1 Å². The van der Waals surface area contributed by atoms with Gasteiger partial charge in [0.15, 0.2) is 11.5 Å². The summed E-state index contributed by atoms with van der Waals surface area (Å²) in [5.74, 6) is 2.52. The van der Waals surface area contributed by atoms with Crippen molar-refractivity contribution in [3.05, 3.63) is 47.5 Å². The minimum atomic E-state index is 0.300. The average Bonchev–Trinajstić information content (AvgIpc) is 2.95. The van der Waals surface area contributed by atoms with Gasteiger partial charge in [0.2, 0.25) is 6.79 Å². The van der Waals surface area contributed by atoms with Gasteiger partial charge in [-0.3, -0.25) is 0 Å². The maximum absolute atomic E-state index is 5.50. The molecule has 0 fully saturated rings. The van der Waals surface area contributed by atoms with Crippen LogP contribution in [0.2, 0.25) is 0 Å². The normalized spacial score (nSPS) is 12.3. The molecule has 1 N–H and O–H groups in total. The molecular weight excluding hydrogens is 254 g/mol. The first-order valence-electron chi connectivity index (χ1n) is 6.54. The summed E-state index contributed by atoms with van der Waals surface area (Å²) >= 11 is 0. The molecule has 4 heteroatoms. The fraction of sp³-hybridized carbons (Fsp3) is 0.250. The third-order valence-electron chi connectivity index (χ3n) is 3.38. The van der Waals surface area contributed by atoms with Crippen LogP contribution in [0, 0.1) is 6.92 Å². The zero-order valence-electron chi connectivity index (χ0n) is 11.6. The number of methoxy groups -OCH3 is 1. The molecule has 104 valence electrons. The number of aryl methyl sites for hydroxylation is 1. The molecule has 0 unspecified atom stereocenters. The predicted octanol–water partition coefficient (Wildman–Crippen LogP) is 3.34. The van der Waals surface area contributed by atoms with Crippen LogP contribution >= 0.6 is 0 Å². The van der Waals surface area contributed by atoms with Gasteiger partial charge in [-0.05, 0) is 36.8 Å². The summed E-state index contributed by atoms with van der Waals surface area (Å²) in [6, 6.07) is 11.9. The number of hydrogen-bond donors (Lipinski definition) is 1. The third kappa shape index (κ3) is 2.37. The van der Waals surface area contributed by atoms with Crippen LogP contribution in [0.3, 0.4) is 0 Å². The number of fused-ring (bicyclic) bond motifs is 1. The Kier molecular flexibility index (Phi) is 3.37. The van der Waals surface area contributed by atoms with E-state index < -0.39 is 0 Å². The SMILES string of the molecule is COc1ccc(NCc2cccc3c2OCO3)c(C)c1. The molecule has 2 aromatic rings. The zero-order valence-corrected chi connectivity index (χ0v) is 11.6. The van der Waals surface area contributed by atoms with E-state index in [1.807, 2.05) is 36.4 Å². The van der Waals surface area contributed by atoms with E-state index in [1.165, 1.54) is 0 Å². The third-order valence-corrected chi connectivity index (χ3v) is 3.38. The summed E-state index contributed by atoms with van der Waals surface area (Å²) < 4.78 is 16.1. The fourth-order valence-corrected chi connectivity index (χ4v) is 2.28. The van der Waals surface area contributed by atoms with Gasteiger partial charge in [0.05, 0.1) is 7.11 Å². The average molecular weight is 271 g/mol. The smallest absolute Gasteiger partial charge is 0.231 e. The zero-order chi connectivity index (χ0) is 13.9. The molecule has 0 radical (unpaired) electrons. The highest BCUT2D eigenvalue weighted by atomic mass is 16.7. The van der Waals surface area contributed by atoms with Crippen molar-refractivity contribution in [3.8, 4) is 17.2 Å². The van der Waals surface area contributed by atoms with Gasteiger partial charge in [0.1, 0.15) is 5.75 Å². The van der Waals surface area contributed by atoms with Crippen molar-refractivity contribution < 1.29 is 14.2 Å². The van der Waals surface area contributed by atoms with E-state index in [9.17, 15) is 0 Å². The number of nitrogens with one attached hydrogen (secondary N) is 1. The monoisotopic (exact) mass is 271 g/mol. The van der Waals surface area contributed by atoms with E-state index in [4.69, 9.17) is 14.2 Å². The van der Waals surface area contributed by atoms with Gasteiger partial charge in [0, 0.05) is 17.8 Å². The number of para-hydroxylation sites is 1. The molecule has 2 aromatic carbocycles. The summed E-state index contributed by atoms with van der Waals surface area (Å²) in [5, 5.41) is 3.42. The van der Waals surface area contributed by atoms with Crippen LogP contribution in [-0.2, 0) is 6.54 Å². The largest absolute Gasteiger partial charge is 0.497 e. The van der Waals surface area contributed by atoms with Crippen LogP contribution in [-0.4, -0.2) is 13.9 Å². The molecule has 0 amide bonds. The predicted molar refractivity (Wildman–Crippen MR) is 77.6 cm³/mol. The minimum absolute atomic E-state index is 0.300. The first-order chi connectivity index (χ1) is 9.78. The Morgan fingerprint density at radius 2 is 2.10 bits per heavy atom. The quantitative estimate of drug-likeness (QED) is 0.925. The van der Waals surface area contributed by atoms with E-state index >= 15 is 0 Å². The molecule has 1 aliphatic heterocycles. The number of hydrogen-bond acceptors (Lipinski definition) is 4. The summed E-state index contributed by atoms with van der Waals surface area (Å²) in [6.45, 7) is 3.05. The lowest BCUT2D eigenvalue weighted by Gasteiger charge is -2.12. The summed E-state index contributed by atoms with van der Waals surface area (Å²) in [5.41, 5.74) is 3.33. The molecule has 1 aliphatic rings. The van der Waals surface area contributed by atoms with Crippen LogP contribution < -0.4 is 19.5 Å². The Balaban J connectivity index is 1.76. The Labute approximate surface area is 118 Å². The summed E-state index contributed by atoms with van der Waals surface area (Å²) in [6.07, 6.45) is 0. The Morgan fingerprint density at radius 1 is 1.20 bits per heavy atom. The fourth-order valence-electron chi connectivity index (χ4n) is 2.28. The lowest BCUT2D eigenvalue weighted by atomic mass is 10.1. The minimum Gasteiger partial charge on any atom is -0.497 e. The maximum Gasteiger partial charge on any atom is 0.231 e. The van der Waals surface area contributed by atoms with Crippen molar-refractivity contribution in [2.24, 2.45) is 0 Å². The van der Waals surface area contributed by atoms with Crippen LogP contribution in [0.5, 0.6) is 17.2 Å². The first kappa shape index (κ1) is 12.7. The Morgan fingerprint density at radius 3 is 2.90 bits per heavy atom. The first-order valence-corrected chi connectivity index (χ1v) is 6.54. The number of rotatable bonds is 4. The molecule has 1 heterocycles. The van der Waals surface area contributed by atoms with Crippen molar-refractivity contribution in [1.29, 1.82) is 0 Å². The lowest BCUT2D eigenvalue weighted by Crippen LogP contribution is -2.02. The summed E-state index contributed by atoms with van der Waals surface area (Å²) in [7, 11) is 1.67. The topological polar surface area (TPSA) is 39.7 Å². The molecule has 0 atom stereocenters. The molecule has 0 saturated heterocycles. The molecular formula is C16H17NO3. The standard InChI is InChI=1S/C16H17NO3/c1-11-8-13(18-2)6-7-14(11)17-9-12-4-3-5-15-16(12)20-10-19-15/h3-8,17H,9-10H2,1-2H3. The van der Waals surface area contributed by atoms with E-state index in [1.54, 1.807) is 7.11 Å². The Bertz CT molecular complexity index is 625. The molecule has 0 aromatic heterocycles. The summed E-state index contributed by atoms with van der Waals surface area (Å²) in [4.78, 5) is 0. The second-order valence-electron chi connectivity index (χ2n) is 4.69.